The van der Waals surface area contributed by atoms with Gasteiger partial charge < -0.3 is 41.4 Å². The number of nitrogens with one attached hydrogen (secondary N) is 2. The van der Waals surface area contributed by atoms with E-state index in [2.05, 4.69) is 44.7 Å². The van der Waals surface area contributed by atoms with Crippen LogP contribution in [-0.2, 0) is 27.5 Å². The average molecular weight is 1120 g/mol. The van der Waals surface area contributed by atoms with E-state index in [4.69, 9.17) is 67.3 Å². The second-order valence-electron chi connectivity index (χ2n) is 21.3. The molecule has 5 atom stereocenters. The summed E-state index contributed by atoms with van der Waals surface area (Å²) in [6.45, 7) is 3.44. The molecule has 4 aromatic carbocycles. The summed E-state index contributed by atoms with van der Waals surface area (Å²) in [4.78, 5) is 72.2. The summed E-state index contributed by atoms with van der Waals surface area (Å²) in [6, 6.07) is 27.9. The Morgan fingerprint density at radius 2 is 0.934 bits per heavy atom. The number of amides is 5. The zero-order valence-corrected chi connectivity index (χ0v) is 45.7. The standard InChI is InChI=1S/C29H34Cl2N4O4.C28H34Cl2N4O3/c30-20-5-3-18(4-6-20)15-35-23-8-9-24(35)14-22(13-23)33-27(36)17-39-26-10-7-21(31)12-25(26)29(38)34-11-1-2-19(16-34)28(32)37;29-19-3-1-18(2-4-19)16-34-23-6-7-24(34)15-22(14-23)32-27(35)17-37-26-8-5-20(30)13-25(26)28(36)33-11-9-21(31)10-12-33/h3-7,10,12,19,22-24H,1-2,8-9,11,13-17H2,(H2,32,37)(H,33,36);1-5,8,13,21-24H,6-7,9-12,14-17,31H2,(H,32,35). The van der Waals surface area contributed by atoms with Crippen molar-refractivity contribution in [3.63, 3.8) is 0 Å². The molecule has 0 aliphatic carbocycles. The number of benzene rings is 4. The molecule has 6 aliphatic heterocycles. The van der Waals surface area contributed by atoms with Crippen LogP contribution in [0.5, 0.6) is 11.5 Å². The third-order valence-electron chi connectivity index (χ3n) is 16.1. The Hall–Kier alpha value is -5.13. The van der Waals surface area contributed by atoms with Crippen molar-refractivity contribution in [3.8, 4) is 11.5 Å². The zero-order valence-electron chi connectivity index (χ0n) is 42.7. The smallest absolute Gasteiger partial charge is 0.258 e. The fourth-order valence-electron chi connectivity index (χ4n) is 12.2. The van der Waals surface area contributed by atoms with E-state index in [0.29, 0.717) is 83.8 Å². The normalized spacial score (nSPS) is 24.5. The van der Waals surface area contributed by atoms with Gasteiger partial charge in [0.1, 0.15) is 11.5 Å². The van der Waals surface area contributed by atoms with E-state index in [9.17, 15) is 24.0 Å². The van der Waals surface area contributed by atoms with Gasteiger partial charge in [0.15, 0.2) is 13.2 Å². The lowest BCUT2D eigenvalue weighted by molar-refractivity contribution is -0.125. The van der Waals surface area contributed by atoms with E-state index < -0.39 is 5.91 Å². The topological polar surface area (TPSA) is 193 Å². The second kappa shape index (κ2) is 25.6. The van der Waals surface area contributed by atoms with E-state index in [1.807, 2.05) is 24.3 Å². The molecule has 0 spiro atoms. The van der Waals surface area contributed by atoms with Crippen LogP contribution in [-0.4, -0.2) is 131 Å². The van der Waals surface area contributed by atoms with Gasteiger partial charge in [-0.15, -0.1) is 0 Å². The number of hydrogen-bond donors (Lipinski definition) is 4. The molecule has 19 heteroatoms. The van der Waals surface area contributed by atoms with E-state index in [1.165, 1.54) is 11.1 Å². The first-order chi connectivity index (χ1) is 36.6. The predicted molar refractivity (Wildman–Crippen MR) is 295 cm³/mol. The number of nitrogens with zero attached hydrogens (tertiary/aromatic N) is 4. The monoisotopic (exact) mass is 1120 g/mol. The first-order valence-corrected chi connectivity index (χ1v) is 28.2. The highest BCUT2D eigenvalue weighted by molar-refractivity contribution is 6.31. The van der Waals surface area contributed by atoms with Gasteiger partial charge in [0, 0.05) is 102 Å². The zero-order chi connectivity index (χ0) is 53.5. The fraction of sp³-hybridized carbons (Fsp3) is 0.491. The maximum atomic E-state index is 13.3. The Balaban J connectivity index is 0.000000186. The average Bonchev–Trinajstić information content (AvgIpc) is 3.78. The number of likely N-dealkylation sites (tertiary alicyclic amines) is 2. The fourth-order valence-corrected chi connectivity index (χ4v) is 12.8. The third-order valence-corrected chi connectivity index (χ3v) is 17.0. The molecule has 6 N–H and O–H groups in total. The van der Waals surface area contributed by atoms with E-state index in [1.54, 1.807) is 46.2 Å². The van der Waals surface area contributed by atoms with Gasteiger partial charge in [0.05, 0.1) is 17.0 Å². The molecule has 76 heavy (non-hydrogen) atoms. The highest BCUT2D eigenvalue weighted by atomic mass is 35.5. The summed E-state index contributed by atoms with van der Waals surface area (Å²) in [5.41, 5.74) is 14.6. The number of hydrogen-bond acceptors (Lipinski definition) is 10. The molecule has 5 unspecified atom stereocenters. The maximum absolute atomic E-state index is 13.3. The van der Waals surface area contributed by atoms with Gasteiger partial charge in [-0.3, -0.25) is 33.8 Å². The molecule has 4 aromatic rings. The summed E-state index contributed by atoms with van der Waals surface area (Å²) >= 11 is 24.4. The maximum Gasteiger partial charge on any atom is 0.258 e. The Morgan fingerprint density at radius 3 is 1.36 bits per heavy atom. The van der Waals surface area contributed by atoms with E-state index in [-0.39, 0.29) is 73.0 Å². The van der Waals surface area contributed by atoms with Crippen LogP contribution >= 0.6 is 46.4 Å². The lowest BCUT2D eigenvalue weighted by atomic mass is 9.96. The van der Waals surface area contributed by atoms with Gasteiger partial charge in [0.2, 0.25) is 5.91 Å². The summed E-state index contributed by atoms with van der Waals surface area (Å²) in [6.07, 6.45) is 11.1. The van der Waals surface area contributed by atoms with Gasteiger partial charge in [-0.2, -0.15) is 0 Å². The molecule has 4 bridgehead atoms. The number of piperidine rings is 4. The third kappa shape index (κ3) is 14.3. The summed E-state index contributed by atoms with van der Waals surface area (Å²) in [7, 11) is 0. The van der Waals surface area contributed by atoms with Crippen LogP contribution < -0.4 is 31.6 Å². The van der Waals surface area contributed by atoms with Crippen LogP contribution in [0.2, 0.25) is 20.1 Å². The van der Waals surface area contributed by atoms with E-state index >= 15 is 0 Å². The van der Waals surface area contributed by atoms with Crippen molar-refractivity contribution in [2.75, 3.05) is 39.4 Å². The molecule has 6 aliphatic rings. The Kier molecular flexibility index (Phi) is 18.7. The van der Waals surface area contributed by atoms with Crippen LogP contribution in [0.4, 0.5) is 0 Å². The molecular weight excluding hydrogens is 1050 g/mol. The van der Waals surface area contributed by atoms with E-state index in [0.717, 1.165) is 87.3 Å². The minimum absolute atomic E-state index is 0.0884. The lowest BCUT2D eigenvalue weighted by Crippen LogP contribution is -2.50. The van der Waals surface area contributed by atoms with Crippen molar-refractivity contribution in [2.45, 2.75) is 132 Å². The molecule has 0 saturated carbocycles. The van der Waals surface area contributed by atoms with Crippen LogP contribution in [0.15, 0.2) is 84.9 Å². The number of carbonyl (C=O) groups excluding carboxylic acids is 5. The molecule has 15 nitrogen and oxygen atoms in total. The quantitative estimate of drug-likeness (QED) is 0.0901. The second-order valence-corrected chi connectivity index (χ2v) is 23.1. The summed E-state index contributed by atoms with van der Waals surface area (Å²) in [5, 5.41) is 8.64. The molecule has 5 amide bonds. The van der Waals surface area contributed by atoms with Crippen molar-refractivity contribution < 1.29 is 33.4 Å². The molecule has 6 fully saturated rings. The number of ether oxygens (including phenoxy) is 2. The van der Waals surface area contributed by atoms with Crippen molar-refractivity contribution in [1.29, 1.82) is 0 Å². The van der Waals surface area contributed by atoms with Gasteiger partial charge in [0.25, 0.3) is 23.6 Å². The first kappa shape index (κ1) is 55.6. The first-order valence-electron chi connectivity index (χ1n) is 26.7. The SMILES string of the molecule is NC(=O)C1CCCN(C(=O)c2cc(Cl)ccc2OCC(=O)NC2CC3CCC(C2)N3Cc2ccc(Cl)cc2)C1.NC1CCN(C(=O)c2cc(Cl)ccc2OCC(=O)NC2CC3CCC(C2)N3Cc2ccc(Cl)cc2)CC1. The number of fused-ring (bicyclic) bond motifs is 4. The van der Waals surface area contributed by atoms with Crippen LogP contribution in [0.25, 0.3) is 0 Å². The number of nitrogens with two attached hydrogens (primary N) is 2. The summed E-state index contributed by atoms with van der Waals surface area (Å²) in [5.74, 6) is -0.937. The van der Waals surface area contributed by atoms with Crippen LogP contribution in [0.3, 0.4) is 0 Å². The molecule has 0 aromatic heterocycles. The number of rotatable bonds is 15. The minimum Gasteiger partial charge on any atom is -0.483 e. The predicted octanol–water partition coefficient (Wildman–Crippen LogP) is 8.27. The molecule has 406 valence electrons. The Bertz CT molecular complexity index is 2680. The number of primary amides is 1. The highest BCUT2D eigenvalue weighted by Crippen LogP contribution is 2.39. The number of halogens is 4. The van der Waals surface area contributed by atoms with Crippen LogP contribution in [0.1, 0.15) is 109 Å². The van der Waals surface area contributed by atoms with Crippen molar-refractivity contribution in [1.82, 2.24) is 30.2 Å². The summed E-state index contributed by atoms with van der Waals surface area (Å²) < 4.78 is 11.7. The largest absolute Gasteiger partial charge is 0.483 e. The van der Waals surface area contributed by atoms with Crippen LogP contribution in [0, 0.1) is 5.92 Å². The van der Waals surface area contributed by atoms with Gasteiger partial charge in [-0.25, -0.2) is 0 Å². The molecule has 6 saturated heterocycles. The molecular formula is C57H68Cl4N8O7. The molecule has 10 rings (SSSR count). The minimum atomic E-state index is -0.406. The highest BCUT2D eigenvalue weighted by Gasteiger charge is 2.42. The Morgan fingerprint density at radius 1 is 0.526 bits per heavy atom. The van der Waals surface area contributed by atoms with Crippen molar-refractivity contribution in [3.05, 3.63) is 127 Å². The van der Waals surface area contributed by atoms with Gasteiger partial charge in [-0.05, 0) is 149 Å². The van der Waals surface area contributed by atoms with Crippen molar-refractivity contribution >= 4 is 75.9 Å². The molecule has 6 heterocycles. The lowest BCUT2D eigenvalue weighted by Gasteiger charge is -2.39. The Labute approximate surface area is 465 Å². The number of carbonyl (C=O) groups is 5. The van der Waals surface area contributed by atoms with Gasteiger partial charge >= 0.3 is 0 Å². The van der Waals surface area contributed by atoms with Gasteiger partial charge in [-0.1, -0.05) is 70.7 Å². The molecule has 0 radical (unpaired) electrons. The van der Waals surface area contributed by atoms with Crippen molar-refractivity contribution in [2.24, 2.45) is 17.4 Å².